The van der Waals surface area contributed by atoms with E-state index in [1.807, 2.05) is 11.1 Å². The third kappa shape index (κ3) is 3.58. The molecule has 2 rings (SSSR count). The van der Waals surface area contributed by atoms with Gasteiger partial charge in [0.15, 0.2) is 5.62 Å². The van der Waals surface area contributed by atoms with E-state index in [9.17, 15) is 0 Å². The highest BCUT2D eigenvalue weighted by molar-refractivity contribution is 9.12. The van der Waals surface area contributed by atoms with E-state index >= 15 is 0 Å². The Morgan fingerprint density at radius 1 is 1.47 bits per heavy atom. The SMILES string of the molecule is NC1=NC(Cl)N(CCN2CCOCC2)C=C1Br. The molecule has 1 saturated heterocycles. The normalized spacial score (nSPS) is 26.7. The zero-order valence-corrected chi connectivity index (χ0v) is 11.8. The van der Waals surface area contributed by atoms with Gasteiger partial charge in [0.05, 0.1) is 17.7 Å². The van der Waals surface area contributed by atoms with E-state index in [0.717, 1.165) is 43.9 Å². The number of halogens is 2. The van der Waals surface area contributed by atoms with Crippen molar-refractivity contribution in [1.29, 1.82) is 0 Å². The fourth-order valence-corrected chi connectivity index (χ4v) is 2.40. The molecule has 1 atom stereocenters. The fraction of sp³-hybridized carbons (Fsp3) is 0.700. The van der Waals surface area contributed by atoms with Crippen molar-refractivity contribution in [3.8, 4) is 0 Å². The molecular weight excluding hydrogens is 307 g/mol. The van der Waals surface area contributed by atoms with Crippen molar-refractivity contribution in [3.63, 3.8) is 0 Å². The van der Waals surface area contributed by atoms with Crippen LogP contribution in [0.1, 0.15) is 0 Å². The number of aliphatic imine (C=N–C) groups is 1. The molecule has 96 valence electrons. The number of morpholine rings is 1. The molecule has 5 nitrogen and oxygen atoms in total. The van der Waals surface area contributed by atoms with Crippen LogP contribution in [0.2, 0.25) is 0 Å². The lowest BCUT2D eigenvalue weighted by molar-refractivity contribution is 0.0349. The van der Waals surface area contributed by atoms with E-state index in [0.29, 0.717) is 5.84 Å². The quantitative estimate of drug-likeness (QED) is 0.615. The van der Waals surface area contributed by atoms with Gasteiger partial charge in [-0.3, -0.25) is 4.90 Å². The van der Waals surface area contributed by atoms with Crippen LogP contribution in [0.5, 0.6) is 0 Å². The van der Waals surface area contributed by atoms with E-state index in [1.54, 1.807) is 0 Å². The van der Waals surface area contributed by atoms with Gasteiger partial charge in [0.25, 0.3) is 0 Å². The summed E-state index contributed by atoms with van der Waals surface area (Å²) in [6, 6.07) is 0. The van der Waals surface area contributed by atoms with Crippen LogP contribution in [0.25, 0.3) is 0 Å². The average molecular weight is 324 g/mol. The van der Waals surface area contributed by atoms with Crippen molar-refractivity contribution in [2.24, 2.45) is 10.7 Å². The number of rotatable bonds is 3. The van der Waals surface area contributed by atoms with E-state index < -0.39 is 5.62 Å². The second-order valence-electron chi connectivity index (χ2n) is 3.99. The third-order valence-corrected chi connectivity index (χ3v) is 3.78. The molecule has 2 heterocycles. The van der Waals surface area contributed by atoms with Gasteiger partial charge in [-0.15, -0.1) is 0 Å². The highest BCUT2D eigenvalue weighted by Gasteiger charge is 2.20. The molecule has 0 spiro atoms. The molecule has 0 aromatic carbocycles. The summed E-state index contributed by atoms with van der Waals surface area (Å²) in [6.07, 6.45) is 1.90. The van der Waals surface area contributed by atoms with Gasteiger partial charge >= 0.3 is 0 Å². The minimum Gasteiger partial charge on any atom is -0.383 e. The molecule has 17 heavy (non-hydrogen) atoms. The Bertz CT molecular complexity index is 330. The van der Waals surface area contributed by atoms with Crippen LogP contribution >= 0.6 is 27.5 Å². The summed E-state index contributed by atoms with van der Waals surface area (Å²) in [4.78, 5) is 8.46. The Balaban J connectivity index is 1.83. The molecule has 2 aliphatic rings. The minimum atomic E-state index is -0.405. The lowest BCUT2D eigenvalue weighted by Crippen LogP contribution is -2.42. The third-order valence-electron chi connectivity index (χ3n) is 2.82. The predicted octanol–water partition coefficient (Wildman–Crippen LogP) is 0.750. The van der Waals surface area contributed by atoms with E-state index in [4.69, 9.17) is 22.1 Å². The largest absolute Gasteiger partial charge is 0.383 e. The maximum absolute atomic E-state index is 6.11. The van der Waals surface area contributed by atoms with E-state index in [2.05, 4.69) is 25.8 Å². The summed E-state index contributed by atoms with van der Waals surface area (Å²) in [7, 11) is 0. The maximum Gasteiger partial charge on any atom is 0.199 e. The molecule has 7 heteroatoms. The van der Waals surface area contributed by atoms with Gasteiger partial charge in [0, 0.05) is 32.4 Å². The first-order valence-corrected chi connectivity index (χ1v) is 6.80. The smallest absolute Gasteiger partial charge is 0.199 e. The van der Waals surface area contributed by atoms with Crippen LogP contribution in [-0.2, 0) is 4.74 Å². The molecule has 1 unspecified atom stereocenters. The molecule has 0 aromatic rings. The van der Waals surface area contributed by atoms with Gasteiger partial charge in [-0.05, 0) is 15.9 Å². The summed E-state index contributed by atoms with van der Waals surface area (Å²) in [5.74, 6) is 0.452. The number of hydrogen-bond acceptors (Lipinski definition) is 5. The van der Waals surface area contributed by atoms with Crippen LogP contribution in [0, 0.1) is 0 Å². The van der Waals surface area contributed by atoms with Crippen molar-refractivity contribution in [2.45, 2.75) is 5.62 Å². The van der Waals surface area contributed by atoms with Crippen molar-refractivity contribution in [3.05, 3.63) is 10.7 Å². The van der Waals surface area contributed by atoms with Gasteiger partial charge in [-0.25, -0.2) is 4.99 Å². The first-order chi connectivity index (χ1) is 8.16. The summed E-state index contributed by atoms with van der Waals surface area (Å²) in [5.41, 5.74) is 5.26. The number of amidine groups is 1. The number of alkyl halides is 1. The molecule has 0 amide bonds. The first kappa shape index (κ1) is 13.1. The van der Waals surface area contributed by atoms with Crippen LogP contribution < -0.4 is 5.73 Å². The Labute approximate surface area is 114 Å². The van der Waals surface area contributed by atoms with Gasteiger partial charge < -0.3 is 15.4 Å². The lowest BCUT2D eigenvalue weighted by Gasteiger charge is -2.32. The highest BCUT2D eigenvalue weighted by Crippen LogP contribution is 2.19. The second kappa shape index (κ2) is 6.04. The molecule has 0 bridgehead atoms. The van der Waals surface area contributed by atoms with Crippen LogP contribution in [0.3, 0.4) is 0 Å². The fourth-order valence-electron chi connectivity index (χ4n) is 1.78. The van der Waals surface area contributed by atoms with Gasteiger partial charge in [0.2, 0.25) is 0 Å². The van der Waals surface area contributed by atoms with Crippen molar-refractivity contribution in [2.75, 3.05) is 39.4 Å². The molecular formula is C10H16BrClN4O. The zero-order valence-electron chi connectivity index (χ0n) is 9.48. The number of hydrogen-bond donors (Lipinski definition) is 1. The Kier molecular flexibility index (Phi) is 4.67. The van der Waals surface area contributed by atoms with Gasteiger partial charge in [-0.1, -0.05) is 11.6 Å². The van der Waals surface area contributed by atoms with E-state index in [-0.39, 0.29) is 0 Å². The molecule has 0 aliphatic carbocycles. The highest BCUT2D eigenvalue weighted by atomic mass is 79.9. The Morgan fingerprint density at radius 3 is 2.88 bits per heavy atom. The summed E-state index contributed by atoms with van der Waals surface area (Å²) >= 11 is 9.47. The Hall–Kier alpha value is -0.300. The van der Waals surface area contributed by atoms with Crippen LogP contribution in [0.15, 0.2) is 15.7 Å². The summed E-state index contributed by atoms with van der Waals surface area (Å²) in [5, 5.41) is 0. The standard InChI is InChI=1S/C10H16BrClN4O/c11-8-7-16(10(12)14-9(8)13)2-1-15-3-5-17-6-4-15/h7,10H,1-6H2,(H2,13,14). The predicted molar refractivity (Wildman–Crippen MR) is 72.2 cm³/mol. The molecule has 0 saturated carbocycles. The molecule has 0 radical (unpaired) electrons. The van der Waals surface area contributed by atoms with Crippen molar-refractivity contribution >= 4 is 33.4 Å². The lowest BCUT2D eigenvalue weighted by atomic mass is 10.4. The monoisotopic (exact) mass is 322 g/mol. The number of ether oxygens (including phenoxy) is 1. The summed E-state index contributed by atoms with van der Waals surface area (Å²) < 4.78 is 6.09. The summed E-state index contributed by atoms with van der Waals surface area (Å²) in [6.45, 7) is 5.39. The first-order valence-electron chi connectivity index (χ1n) is 5.58. The molecule has 2 aliphatic heterocycles. The van der Waals surface area contributed by atoms with E-state index in [1.165, 1.54) is 0 Å². The maximum atomic E-state index is 6.11. The van der Waals surface area contributed by atoms with Crippen LogP contribution in [-0.4, -0.2) is 60.7 Å². The van der Waals surface area contributed by atoms with Gasteiger partial charge in [0.1, 0.15) is 5.84 Å². The van der Waals surface area contributed by atoms with Crippen LogP contribution in [0.4, 0.5) is 0 Å². The van der Waals surface area contributed by atoms with Crippen molar-refractivity contribution < 1.29 is 4.74 Å². The zero-order chi connectivity index (χ0) is 12.3. The minimum absolute atomic E-state index is 0.405. The number of nitrogens with two attached hydrogens (primary N) is 1. The number of nitrogens with zero attached hydrogens (tertiary/aromatic N) is 3. The van der Waals surface area contributed by atoms with Crippen molar-refractivity contribution in [1.82, 2.24) is 9.80 Å². The molecule has 1 fully saturated rings. The average Bonchev–Trinajstić information content (AvgIpc) is 2.33. The molecule has 0 aromatic heterocycles. The Morgan fingerprint density at radius 2 is 2.18 bits per heavy atom. The topological polar surface area (TPSA) is 54.1 Å². The van der Waals surface area contributed by atoms with Gasteiger partial charge in [-0.2, -0.15) is 0 Å². The molecule has 2 N–H and O–H groups in total. The second-order valence-corrected chi connectivity index (χ2v) is 5.24.